The molecule has 0 spiro atoms. The number of hydrogen-bond donors (Lipinski definition) is 0. The van der Waals surface area contributed by atoms with Gasteiger partial charge in [0, 0.05) is 6.42 Å². The van der Waals surface area contributed by atoms with Crippen LogP contribution in [-0.4, -0.2) is 12.4 Å². The molecule has 0 heterocycles. The van der Waals surface area contributed by atoms with Gasteiger partial charge in [-0.05, 0) is 24.6 Å². The zero-order valence-electron chi connectivity index (χ0n) is 9.00. The molecule has 0 aliphatic carbocycles. The van der Waals surface area contributed by atoms with Crippen LogP contribution >= 0.6 is 11.6 Å². The summed E-state index contributed by atoms with van der Waals surface area (Å²) in [4.78, 5) is 11.0. The quantitative estimate of drug-likeness (QED) is 0.791. The molecular weight excluding hydrogens is 226 g/mol. The van der Waals surface area contributed by atoms with E-state index in [-0.39, 0.29) is 25.2 Å². The number of carbonyl (C=O) groups excluding carboxylic acids is 1. The van der Waals surface area contributed by atoms with E-state index in [0.717, 1.165) is 5.56 Å². The highest BCUT2D eigenvalue weighted by molar-refractivity contribution is 6.32. The minimum absolute atomic E-state index is 0.0646. The average Bonchev–Trinajstić information content (AvgIpc) is 2.23. The van der Waals surface area contributed by atoms with Crippen molar-refractivity contribution >= 4 is 17.4 Å². The maximum absolute atomic E-state index is 11.0. The lowest BCUT2D eigenvalue weighted by molar-refractivity contribution is -0.118. The summed E-state index contributed by atoms with van der Waals surface area (Å²) in [7, 11) is 0. The summed E-state index contributed by atoms with van der Waals surface area (Å²) in [5.74, 6) is 0.456. The number of nitrogens with zero attached hydrogens (tertiary/aromatic N) is 1. The Morgan fingerprint density at radius 3 is 3.00 bits per heavy atom. The number of nitriles is 1. The van der Waals surface area contributed by atoms with Gasteiger partial charge < -0.3 is 4.74 Å². The number of rotatable bonds is 5. The largest absolute Gasteiger partial charge is 0.492 e. The Balaban J connectivity index is 2.46. The van der Waals surface area contributed by atoms with Crippen LogP contribution in [0.2, 0.25) is 5.02 Å². The monoisotopic (exact) mass is 237 g/mol. The van der Waals surface area contributed by atoms with E-state index in [0.29, 0.717) is 10.8 Å². The van der Waals surface area contributed by atoms with Crippen molar-refractivity contribution in [3.05, 3.63) is 28.8 Å². The molecule has 0 radical (unpaired) electrons. The third-order valence-electron chi connectivity index (χ3n) is 2.00. The number of ketones is 1. The van der Waals surface area contributed by atoms with Gasteiger partial charge in [-0.3, -0.25) is 4.79 Å². The van der Waals surface area contributed by atoms with Crippen molar-refractivity contribution in [2.45, 2.75) is 19.8 Å². The molecule has 0 aromatic heterocycles. The Labute approximate surface area is 99.6 Å². The van der Waals surface area contributed by atoms with Gasteiger partial charge in [0.1, 0.15) is 11.5 Å². The molecule has 0 fully saturated rings. The van der Waals surface area contributed by atoms with Crippen LogP contribution in [0, 0.1) is 18.3 Å². The minimum Gasteiger partial charge on any atom is -0.492 e. The fraction of sp³-hybridized carbons (Fsp3) is 0.333. The van der Waals surface area contributed by atoms with Gasteiger partial charge in [-0.1, -0.05) is 17.7 Å². The first-order valence-electron chi connectivity index (χ1n) is 4.91. The summed E-state index contributed by atoms with van der Waals surface area (Å²) in [5, 5.41) is 8.83. The van der Waals surface area contributed by atoms with Crippen LogP contribution in [0.25, 0.3) is 0 Å². The van der Waals surface area contributed by atoms with Crippen molar-refractivity contribution < 1.29 is 9.53 Å². The maximum atomic E-state index is 11.0. The second kappa shape index (κ2) is 6.14. The molecule has 0 aliphatic heterocycles. The van der Waals surface area contributed by atoms with E-state index in [9.17, 15) is 4.79 Å². The number of hydrogen-bond acceptors (Lipinski definition) is 3. The summed E-state index contributed by atoms with van der Waals surface area (Å²) in [6.07, 6.45) is 0.169. The van der Waals surface area contributed by atoms with E-state index in [2.05, 4.69) is 0 Å². The fourth-order valence-electron chi connectivity index (χ4n) is 1.17. The van der Waals surface area contributed by atoms with Gasteiger partial charge in [0.05, 0.1) is 24.1 Å². The highest BCUT2D eigenvalue weighted by Crippen LogP contribution is 2.25. The Morgan fingerprint density at radius 1 is 1.56 bits per heavy atom. The molecule has 0 N–H and O–H groups in total. The Hall–Kier alpha value is -1.53. The van der Waals surface area contributed by atoms with Crippen LogP contribution in [0.4, 0.5) is 0 Å². The van der Waals surface area contributed by atoms with Gasteiger partial charge in [0.2, 0.25) is 0 Å². The number of aryl methyl sites for hydroxylation is 1. The average molecular weight is 238 g/mol. The molecule has 84 valence electrons. The van der Waals surface area contributed by atoms with Crippen LogP contribution in [0.15, 0.2) is 18.2 Å². The summed E-state index contributed by atoms with van der Waals surface area (Å²) >= 11 is 5.91. The lowest BCUT2D eigenvalue weighted by Gasteiger charge is -2.07. The summed E-state index contributed by atoms with van der Waals surface area (Å²) < 4.78 is 5.37. The molecule has 0 saturated heterocycles. The molecule has 1 rings (SSSR count). The first kappa shape index (κ1) is 12.5. The minimum atomic E-state index is -0.119. The van der Waals surface area contributed by atoms with Crippen molar-refractivity contribution in [3.63, 3.8) is 0 Å². The van der Waals surface area contributed by atoms with Crippen molar-refractivity contribution in [1.29, 1.82) is 5.26 Å². The van der Waals surface area contributed by atoms with Crippen molar-refractivity contribution in [1.82, 2.24) is 0 Å². The molecule has 0 saturated carbocycles. The predicted octanol–water partition coefficient (Wildman–Crippen LogP) is 2.90. The molecule has 16 heavy (non-hydrogen) atoms. The zero-order chi connectivity index (χ0) is 12.0. The molecule has 4 heteroatoms. The van der Waals surface area contributed by atoms with E-state index in [1.165, 1.54) is 0 Å². The predicted molar refractivity (Wildman–Crippen MR) is 61.5 cm³/mol. The van der Waals surface area contributed by atoms with Crippen LogP contribution in [0.5, 0.6) is 5.75 Å². The van der Waals surface area contributed by atoms with Gasteiger partial charge >= 0.3 is 0 Å². The van der Waals surface area contributed by atoms with Crippen LogP contribution < -0.4 is 4.74 Å². The fourth-order valence-corrected chi connectivity index (χ4v) is 1.34. The highest BCUT2D eigenvalue weighted by Gasteiger charge is 2.04. The zero-order valence-corrected chi connectivity index (χ0v) is 9.75. The molecule has 0 atom stereocenters. The summed E-state index contributed by atoms with van der Waals surface area (Å²) in [6, 6.07) is 7.26. The second-order valence-corrected chi connectivity index (χ2v) is 3.81. The van der Waals surface area contributed by atoms with E-state index in [1.807, 2.05) is 19.1 Å². The molecule has 0 bridgehead atoms. The van der Waals surface area contributed by atoms with E-state index >= 15 is 0 Å². The normalized spacial score (nSPS) is 9.56. The van der Waals surface area contributed by atoms with E-state index in [4.69, 9.17) is 21.6 Å². The highest BCUT2D eigenvalue weighted by atomic mass is 35.5. The number of carbonyl (C=O) groups is 1. The third kappa shape index (κ3) is 3.92. The van der Waals surface area contributed by atoms with Gasteiger partial charge in [-0.15, -0.1) is 0 Å². The van der Waals surface area contributed by atoms with Crippen LogP contribution in [0.1, 0.15) is 18.4 Å². The van der Waals surface area contributed by atoms with E-state index in [1.54, 1.807) is 12.1 Å². The number of ether oxygens (including phenoxy) is 1. The summed E-state index contributed by atoms with van der Waals surface area (Å²) in [5.41, 5.74) is 1.04. The van der Waals surface area contributed by atoms with Crippen molar-refractivity contribution in [2.24, 2.45) is 0 Å². The smallest absolute Gasteiger partial charge is 0.150 e. The molecule has 1 aromatic rings. The van der Waals surface area contributed by atoms with Crippen LogP contribution in [0.3, 0.4) is 0 Å². The van der Waals surface area contributed by atoms with Gasteiger partial charge in [0.15, 0.2) is 0 Å². The topological polar surface area (TPSA) is 50.1 Å². The second-order valence-electron chi connectivity index (χ2n) is 3.41. The van der Waals surface area contributed by atoms with Crippen molar-refractivity contribution in [3.8, 4) is 11.8 Å². The summed E-state index contributed by atoms with van der Waals surface area (Å²) in [6.45, 7) is 2.19. The first-order chi connectivity index (χ1) is 7.63. The Bertz CT molecular complexity index is 424. The molecule has 0 amide bonds. The molecular formula is C12H12ClNO2. The molecule has 0 aliphatic rings. The Kier molecular flexibility index (Phi) is 4.81. The molecule has 0 unspecified atom stereocenters. The van der Waals surface area contributed by atoms with Gasteiger partial charge in [0.25, 0.3) is 0 Å². The number of Topliss-reactive ketones (excluding diaryl/α,β-unsaturated/α-hetero) is 1. The number of benzene rings is 1. The van der Waals surface area contributed by atoms with Gasteiger partial charge in [-0.25, -0.2) is 0 Å². The standard InChI is InChI=1S/C12H12ClNO2/c1-9-2-3-11(13)12(8-9)16-7-5-10(15)4-6-14/h2-3,8H,4-5,7H2,1H3. The Morgan fingerprint density at radius 2 is 2.31 bits per heavy atom. The van der Waals surface area contributed by atoms with E-state index < -0.39 is 0 Å². The molecule has 1 aromatic carbocycles. The van der Waals surface area contributed by atoms with Crippen LogP contribution in [-0.2, 0) is 4.79 Å². The maximum Gasteiger partial charge on any atom is 0.150 e. The SMILES string of the molecule is Cc1ccc(Cl)c(OCCC(=O)CC#N)c1. The first-order valence-corrected chi connectivity index (χ1v) is 5.29. The number of halogens is 1. The van der Waals surface area contributed by atoms with Gasteiger partial charge in [-0.2, -0.15) is 5.26 Å². The lowest BCUT2D eigenvalue weighted by Crippen LogP contribution is -2.05. The third-order valence-corrected chi connectivity index (χ3v) is 2.31. The lowest BCUT2D eigenvalue weighted by atomic mass is 10.2. The van der Waals surface area contributed by atoms with Crippen molar-refractivity contribution in [2.75, 3.05) is 6.61 Å². The molecule has 3 nitrogen and oxygen atoms in total.